The normalized spacial score (nSPS) is 11.3. The molecule has 1 N–H and O–H groups in total. The molecule has 30 heavy (non-hydrogen) atoms. The maximum atomic E-state index is 10.8. The van der Waals surface area contributed by atoms with Crippen molar-refractivity contribution in [2.75, 3.05) is 5.75 Å². The summed E-state index contributed by atoms with van der Waals surface area (Å²) in [4.78, 5) is 10.8. The second kappa shape index (κ2) is 9.63. The number of nitrogens with zero attached hydrogens (tertiary/aromatic N) is 3. The molecular weight excluding hydrogens is 398 g/mol. The molecule has 156 valence electrons. The smallest absolute Gasteiger partial charge is 0.313 e. The molecule has 0 bridgehead atoms. The summed E-state index contributed by atoms with van der Waals surface area (Å²) >= 11 is 1.13. The van der Waals surface area contributed by atoms with Crippen LogP contribution in [0.5, 0.6) is 5.75 Å². The van der Waals surface area contributed by atoms with E-state index in [1.165, 1.54) is 11.1 Å². The van der Waals surface area contributed by atoms with Crippen LogP contribution in [0.25, 0.3) is 0 Å². The van der Waals surface area contributed by atoms with Gasteiger partial charge in [0.25, 0.3) is 0 Å². The van der Waals surface area contributed by atoms with Crippen LogP contribution in [0.2, 0.25) is 0 Å². The summed E-state index contributed by atoms with van der Waals surface area (Å²) in [6, 6.07) is 18.5. The van der Waals surface area contributed by atoms with Gasteiger partial charge in [-0.25, -0.2) is 0 Å². The number of carboxylic acid groups (broad SMARTS) is 1. The fourth-order valence-electron chi connectivity index (χ4n) is 3.11. The third kappa shape index (κ3) is 5.10. The molecular formula is C23H25N3O3S. The van der Waals surface area contributed by atoms with Crippen molar-refractivity contribution in [3.63, 3.8) is 0 Å². The Hall–Kier alpha value is -3.06. The highest BCUT2D eigenvalue weighted by atomic mass is 32.2. The quantitative estimate of drug-likeness (QED) is 0.381. The lowest BCUT2D eigenvalue weighted by molar-refractivity contribution is -0.133. The van der Waals surface area contributed by atoms with Gasteiger partial charge in [-0.3, -0.25) is 9.36 Å². The number of thioether (sulfide) groups is 1. The van der Waals surface area contributed by atoms with Crippen molar-refractivity contribution in [1.82, 2.24) is 14.8 Å². The molecule has 6 nitrogen and oxygen atoms in total. The first-order valence-corrected chi connectivity index (χ1v) is 10.6. The van der Waals surface area contributed by atoms with Crippen molar-refractivity contribution in [3.05, 3.63) is 84.2 Å². The highest BCUT2D eigenvalue weighted by Gasteiger charge is 2.22. The molecule has 7 heteroatoms. The fourth-order valence-corrected chi connectivity index (χ4v) is 3.80. The molecule has 2 aromatic carbocycles. The number of carbonyl (C=O) groups is 1. The number of benzene rings is 2. The molecule has 1 heterocycles. The molecule has 1 aromatic heterocycles. The van der Waals surface area contributed by atoms with Gasteiger partial charge in [0.2, 0.25) is 0 Å². The van der Waals surface area contributed by atoms with Gasteiger partial charge in [0.05, 0.1) is 5.75 Å². The molecule has 0 radical (unpaired) electrons. The number of carboxylic acids is 1. The molecule has 0 atom stereocenters. The minimum Gasteiger partial charge on any atom is -0.486 e. The third-order valence-corrected chi connectivity index (χ3v) is 5.82. The number of aliphatic carboxylic acids is 1. The lowest BCUT2D eigenvalue weighted by Gasteiger charge is -2.26. The van der Waals surface area contributed by atoms with E-state index in [9.17, 15) is 4.79 Å². The molecule has 0 unspecified atom stereocenters. The van der Waals surface area contributed by atoms with Crippen LogP contribution in [0, 0.1) is 0 Å². The van der Waals surface area contributed by atoms with Gasteiger partial charge in [-0.1, -0.05) is 74.1 Å². The van der Waals surface area contributed by atoms with Crippen LogP contribution in [-0.2, 0) is 23.4 Å². The van der Waals surface area contributed by atoms with E-state index in [1.54, 1.807) is 6.08 Å². The summed E-state index contributed by atoms with van der Waals surface area (Å²) in [5, 5.41) is 17.7. The molecule has 3 rings (SSSR count). The van der Waals surface area contributed by atoms with Gasteiger partial charge in [0.15, 0.2) is 11.0 Å². The standard InChI is InChI=1S/C23H25N3O3S/c1-4-14-26-20(24-25-22(26)30-16-21(27)28)15-29-19-12-10-18(11-13-19)23(2,3)17-8-6-5-7-9-17/h4-13H,1,14-16H2,2-3H3,(H,27,28). The Morgan fingerprint density at radius 2 is 1.80 bits per heavy atom. The van der Waals surface area contributed by atoms with Crippen LogP contribution in [0.1, 0.15) is 30.8 Å². The minimum atomic E-state index is -0.899. The van der Waals surface area contributed by atoms with Crippen LogP contribution in [0.15, 0.2) is 72.4 Å². The van der Waals surface area contributed by atoms with Crippen molar-refractivity contribution in [2.24, 2.45) is 0 Å². The van der Waals surface area contributed by atoms with Crippen molar-refractivity contribution in [2.45, 2.75) is 37.6 Å². The first-order chi connectivity index (χ1) is 14.4. The van der Waals surface area contributed by atoms with Gasteiger partial charge < -0.3 is 9.84 Å². The van der Waals surface area contributed by atoms with E-state index in [1.807, 2.05) is 22.8 Å². The average molecular weight is 424 g/mol. The first kappa shape index (κ1) is 21.6. The summed E-state index contributed by atoms with van der Waals surface area (Å²) in [5.74, 6) is 0.380. The lowest BCUT2D eigenvalue weighted by Crippen LogP contribution is -2.18. The molecule has 0 fully saturated rings. The van der Waals surface area contributed by atoms with Gasteiger partial charge in [0.1, 0.15) is 12.4 Å². The molecule has 0 aliphatic rings. The van der Waals surface area contributed by atoms with Crippen LogP contribution in [-0.4, -0.2) is 31.6 Å². The van der Waals surface area contributed by atoms with E-state index >= 15 is 0 Å². The predicted molar refractivity (Wildman–Crippen MR) is 118 cm³/mol. The molecule has 0 saturated heterocycles. The van der Waals surface area contributed by atoms with Crippen molar-refractivity contribution < 1.29 is 14.6 Å². The Labute approximate surface area is 180 Å². The second-order valence-electron chi connectivity index (χ2n) is 7.28. The van der Waals surface area contributed by atoms with Crippen LogP contribution >= 0.6 is 11.8 Å². The zero-order valence-electron chi connectivity index (χ0n) is 17.1. The van der Waals surface area contributed by atoms with Gasteiger partial charge in [-0.15, -0.1) is 16.8 Å². The number of hydrogen-bond acceptors (Lipinski definition) is 5. The third-order valence-electron chi connectivity index (χ3n) is 4.87. The molecule has 0 spiro atoms. The highest BCUT2D eigenvalue weighted by molar-refractivity contribution is 7.99. The van der Waals surface area contributed by atoms with Gasteiger partial charge >= 0.3 is 5.97 Å². The molecule has 0 aliphatic heterocycles. The number of hydrogen-bond donors (Lipinski definition) is 1. The van der Waals surface area contributed by atoms with E-state index in [0.717, 1.165) is 17.5 Å². The predicted octanol–water partition coefficient (Wildman–Crippen LogP) is 4.55. The SMILES string of the molecule is C=CCn1c(COc2ccc(C(C)(C)c3ccccc3)cc2)nnc1SCC(=O)O. The number of rotatable bonds is 10. The summed E-state index contributed by atoms with van der Waals surface area (Å²) < 4.78 is 7.72. The molecule has 0 aliphatic carbocycles. The van der Waals surface area contributed by atoms with Crippen LogP contribution in [0.3, 0.4) is 0 Å². The number of ether oxygens (including phenoxy) is 1. The van der Waals surface area contributed by atoms with Gasteiger partial charge in [-0.2, -0.15) is 0 Å². The first-order valence-electron chi connectivity index (χ1n) is 9.58. The van der Waals surface area contributed by atoms with Crippen molar-refractivity contribution in [1.29, 1.82) is 0 Å². The zero-order chi connectivity index (χ0) is 21.6. The largest absolute Gasteiger partial charge is 0.486 e. The molecule has 3 aromatic rings. The zero-order valence-corrected chi connectivity index (χ0v) is 17.9. The Morgan fingerprint density at radius 1 is 1.13 bits per heavy atom. The fraction of sp³-hybridized carbons (Fsp3) is 0.261. The van der Waals surface area contributed by atoms with E-state index in [2.05, 4.69) is 67.0 Å². The average Bonchev–Trinajstić information content (AvgIpc) is 3.13. The maximum absolute atomic E-state index is 10.8. The van der Waals surface area contributed by atoms with E-state index in [0.29, 0.717) is 17.5 Å². The Bertz CT molecular complexity index is 998. The van der Waals surface area contributed by atoms with Crippen LogP contribution < -0.4 is 4.74 Å². The van der Waals surface area contributed by atoms with E-state index in [-0.39, 0.29) is 17.8 Å². The van der Waals surface area contributed by atoms with Gasteiger partial charge in [-0.05, 0) is 23.3 Å². The summed E-state index contributed by atoms with van der Waals surface area (Å²) in [6.45, 7) is 8.86. The number of aromatic nitrogens is 3. The Balaban J connectivity index is 1.69. The van der Waals surface area contributed by atoms with E-state index in [4.69, 9.17) is 9.84 Å². The lowest BCUT2D eigenvalue weighted by atomic mass is 9.78. The summed E-state index contributed by atoms with van der Waals surface area (Å²) in [6.07, 6.45) is 1.72. The van der Waals surface area contributed by atoms with Crippen molar-refractivity contribution >= 4 is 17.7 Å². The van der Waals surface area contributed by atoms with Crippen molar-refractivity contribution in [3.8, 4) is 5.75 Å². The topological polar surface area (TPSA) is 77.2 Å². The maximum Gasteiger partial charge on any atom is 0.313 e. The summed E-state index contributed by atoms with van der Waals surface area (Å²) in [5.41, 5.74) is 2.34. The second-order valence-corrected chi connectivity index (χ2v) is 8.23. The van der Waals surface area contributed by atoms with Crippen LogP contribution in [0.4, 0.5) is 0 Å². The monoisotopic (exact) mass is 423 g/mol. The van der Waals surface area contributed by atoms with Gasteiger partial charge in [0, 0.05) is 12.0 Å². The summed E-state index contributed by atoms with van der Waals surface area (Å²) in [7, 11) is 0. The highest BCUT2D eigenvalue weighted by Crippen LogP contribution is 2.32. The van der Waals surface area contributed by atoms with E-state index < -0.39 is 5.97 Å². The molecule has 0 amide bonds. The Morgan fingerprint density at radius 3 is 2.43 bits per heavy atom. The Kier molecular flexibility index (Phi) is 6.95. The minimum absolute atomic E-state index is 0.0746. The number of allylic oxidation sites excluding steroid dienone is 1. The molecule has 0 saturated carbocycles.